The predicted molar refractivity (Wildman–Crippen MR) is 144 cm³/mol. The molecule has 182 valence electrons. The summed E-state index contributed by atoms with van der Waals surface area (Å²) in [6.07, 6.45) is 2.83. The molecule has 1 saturated heterocycles. The highest BCUT2D eigenvalue weighted by molar-refractivity contribution is 8.15. The van der Waals surface area contributed by atoms with Crippen molar-refractivity contribution in [3.8, 4) is 11.1 Å². The summed E-state index contributed by atoms with van der Waals surface area (Å²) >= 11 is 1.10. The van der Waals surface area contributed by atoms with Gasteiger partial charge in [0.25, 0.3) is 5.24 Å². The van der Waals surface area contributed by atoms with Gasteiger partial charge in [-0.1, -0.05) is 51.6 Å². The Kier molecular flexibility index (Phi) is 6.26. The minimum Gasteiger partial charge on any atom is -0.377 e. The summed E-state index contributed by atoms with van der Waals surface area (Å²) in [5.41, 5.74) is 8.76. The number of nitrogens with one attached hydrogen (secondary N) is 1. The maximum Gasteiger partial charge on any atom is 0.286 e. The van der Waals surface area contributed by atoms with Gasteiger partial charge in [0.1, 0.15) is 0 Å². The van der Waals surface area contributed by atoms with Crippen molar-refractivity contribution in [2.75, 3.05) is 38.0 Å². The molecule has 1 aliphatic carbocycles. The fraction of sp³-hybridized carbons (Fsp3) is 0.500. The standard InChI is InChI=1S/C28H37N3O2S/c1-27(2)12-13-28(3,4)20-16-22(31(7)8)18(15-19(20)27)24-17(10-9-11-21(24)30(5)6)14-23-25(32)29-26(33)34-23/h9-11,15-16,23H,12-14H2,1-8H3,(H,29,32,33). The third kappa shape index (κ3) is 4.33. The predicted octanol–water partition coefficient (Wildman–Crippen LogP) is 5.73. The third-order valence-corrected chi connectivity index (χ3v) is 8.48. The molecule has 34 heavy (non-hydrogen) atoms. The fourth-order valence-corrected chi connectivity index (χ4v) is 6.19. The lowest BCUT2D eigenvalue weighted by Gasteiger charge is -2.43. The number of rotatable bonds is 5. The summed E-state index contributed by atoms with van der Waals surface area (Å²) in [6.45, 7) is 9.41. The van der Waals surface area contributed by atoms with Crippen LogP contribution in [-0.4, -0.2) is 44.6 Å². The first kappa shape index (κ1) is 24.6. The van der Waals surface area contributed by atoms with Crippen LogP contribution in [0.3, 0.4) is 0 Å². The van der Waals surface area contributed by atoms with Gasteiger partial charge in [0.2, 0.25) is 5.91 Å². The highest BCUT2D eigenvalue weighted by Gasteiger charge is 2.39. The number of nitrogens with zero attached hydrogens (tertiary/aromatic N) is 2. The van der Waals surface area contributed by atoms with E-state index in [1.807, 2.05) is 6.07 Å². The molecule has 4 rings (SSSR count). The minimum atomic E-state index is -0.403. The van der Waals surface area contributed by atoms with E-state index in [4.69, 9.17) is 0 Å². The largest absolute Gasteiger partial charge is 0.377 e. The number of carbonyl (C=O) groups excluding carboxylic acids is 2. The van der Waals surface area contributed by atoms with Gasteiger partial charge in [-0.05, 0) is 65.0 Å². The first-order valence-corrected chi connectivity index (χ1v) is 12.9. The van der Waals surface area contributed by atoms with E-state index in [9.17, 15) is 9.59 Å². The van der Waals surface area contributed by atoms with Gasteiger partial charge in [0.15, 0.2) is 0 Å². The first-order chi connectivity index (χ1) is 15.8. The van der Waals surface area contributed by atoms with E-state index in [0.29, 0.717) is 6.42 Å². The highest BCUT2D eigenvalue weighted by Crippen LogP contribution is 2.50. The smallest absolute Gasteiger partial charge is 0.286 e. The third-order valence-electron chi connectivity index (χ3n) is 7.50. The number of benzene rings is 2. The average molecular weight is 480 g/mol. The van der Waals surface area contributed by atoms with Gasteiger partial charge in [0.05, 0.1) is 5.25 Å². The van der Waals surface area contributed by atoms with E-state index in [2.05, 4.69) is 95.3 Å². The number of amides is 2. The van der Waals surface area contributed by atoms with E-state index in [1.165, 1.54) is 28.8 Å². The molecule has 0 saturated carbocycles. The van der Waals surface area contributed by atoms with E-state index in [-0.39, 0.29) is 22.0 Å². The Morgan fingerprint density at radius 3 is 2.03 bits per heavy atom. The van der Waals surface area contributed by atoms with Gasteiger partial charge in [-0.25, -0.2) is 0 Å². The van der Waals surface area contributed by atoms with Crippen LogP contribution in [0.5, 0.6) is 0 Å². The molecular weight excluding hydrogens is 442 g/mol. The van der Waals surface area contributed by atoms with Gasteiger partial charge >= 0.3 is 0 Å². The average Bonchev–Trinajstić information content (AvgIpc) is 3.07. The number of fused-ring (bicyclic) bond motifs is 1. The molecular formula is C28H37N3O2S. The molecule has 0 aromatic heterocycles. The maximum atomic E-state index is 12.4. The van der Waals surface area contributed by atoms with Crippen molar-refractivity contribution >= 4 is 34.3 Å². The quantitative estimate of drug-likeness (QED) is 0.594. The molecule has 1 unspecified atom stereocenters. The number of hydrogen-bond acceptors (Lipinski definition) is 5. The molecule has 2 amide bonds. The van der Waals surface area contributed by atoms with Gasteiger partial charge in [-0.15, -0.1) is 0 Å². The Bertz CT molecular complexity index is 1150. The molecule has 2 aliphatic rings. The van der Waals surface area contributed by atoms with Crippen molar-refractivity contribution in [3.63, 3.8) is 0 Å². The first-order valence-electron chi connectivity index (χ1n) is 12.0. The summed E-state index contributed by atoms with van der Waals surface area (Å²) in [5, 5.41) is 1.78. The number of carbonyl (C=O) groups is 2. The lowest BCUT2D eigenvalue weighted by molar-refractivity contribution is -0.118. The van der Waals surface area contributed by atoms with Crippen LogP contribution in [0.4, 0.5) is 16.2 Å². The summed E-state index contributed by atoms with van der Waals surface area (Å²) in [7, 11) is 8.32. The van der Waals surface area contributed by atoms with Gasteiger partial charge in [0, 0.05) is 50.7 Å². The molecule has 5 nitrogen and oxygen atoms in total. The van der Waals surface area contributed by atoms with Crippen LogP contribution in [0.2, 0.25) is 0 Å². The molecule has 0 spiro atoms. The molecule has 0 bridgehead atoms. The Hall–Kier alpha value is -2.47. The van der Waals surface area contributed by atoms with E-state index < -0.39 is 5.25 Å². The molecule has 1 aliphatic heterocycles. The number of thioether (sulfide) groups is 1. The van der Waals surface area contributed by atoms with Gasteiger partial charge in [-0.2, -0.15) is 0 Å². The minimum absolute atomic E-state index is 0.0886. The van der Waals surface area contributed by atoms with Crippen molar-refractivity contribution in [3.05, 3.63) is 47.0 Å². The summed E-state index contributed by atoms with van der Waals surface area (Å²) in [5.74, 6) is -0.197. The maximum absolute atomic E-state index is 12.4. The molecule has 6 heteroatoms. The molecule has 2 aromatic carbocycles. The van der Waals surface area contributed by atoms with E-state index >= 15 is 0 Å². The van der Waals surface area contributed by atoms with Crippen LogP contribution >= 0.6 is 11.8 Å². The lowest BCUT2D eigenvalue weighted by Crippen LogP contribution is -2.34. The summed E-state index contributed by atoms with van der Waals surface area (Å²) < 4.78 is 0. The molecule has 1 N–H and O–H groups in total. The van der Waals surface area contributed by atoms with Crippen LogP contribution in [0, 0.1) is 0 Å². The van der Waals surface area contributed by atoms with Crippen molar-refractivity contribution in [1.29, 1.82) is 0 Å². The highest BCUT2D eigenvalue weighted by atomic mass is 32.2. The van der Waals surface area contributed by atoms with Crippen molar-refractivity contribution in [2.24, 2.45) is 0 Å². The summed E-state index contributed by atoms with van der Waals surface area (Å²) in [4.78, 5) is 28.6. The van der Waals surface area contributed by atoms with E-state index in [0.717, 1.165) is 35.0 Å². The number of anilines is 2. The van der Waals surface area contributed by atoms with Crippen LogP contribution in [0.25, 0.3) is 11.1 Å². The normalized spacial score (nSPS) is 20.6. The monoisotopic (exact) mass is 479 g/mol. The van der Waals surface area contributed by atoms with Gasteiger partial charge < -0.3 is 9.80 Å². The van der Waals surface area contributed by atoms with Crippen molar-refractivity contribution in [2.45, 2.75) is 63.0 Å². The Morgan fingerprint density at radius 1 is 0.912 bits per heavy atom. The Morgan fingerprint density at radius 2 is 1.50 bits per heavy atom. The fourth-order valence-electron chi connectivity index (χ4n) is 5.34. The van der Waals surface area contributed by atoms with Crippen molar-refractivity contribution < 1.29 is 9.59 Å². The molecule has 1 heterocycles. The van der Waals surface area contributed by atoms with Crippen LogP contribution in [0.15, 0.2) is 30.3 Å². The zero-order chi connectivity index (χ0) is 25.0. The topological polar surface area (TPSA) is 52.7 Å². The second kappa shape index (κ2) is 8.63. The van der Waals surface area contributed by atoms with Gasteiger partial charge in [-0.3, -0.25) is 14.9 Å². The zero-order valence-corrected chi connectivity index (χ0v) is 22.5. The van der Waals surface area contributed by atoms with Crippen molar-refractivity contribution in [1.82, 2.24) is 5.32 Å². The summed E-state index contributed by atoms with van der Waals surface area (Å²) in [6, 6.07) is 11.1. The number of imide groups is 1. The zero-order valence-electron chi connectivity index (χ0n) is 21.7. The van der Waals surface area contributed by atoms with E-state index in [1.54, 1.807) is 0 Å². The Balaban J connectivity index is 1.98. The molecule has 0 radical (unpaired) electrons. The van der Waals surface area contributed by atoms with Crippen LogP contribution in [0.1, 0.15) is 57.2 Å². The second-order valence-corrected chi connectivity index (χ2v) is 12.5. The second-order valence-electron chi connectivity index (χ2n) is 11.4. The molecule has 2 aromatic rings. The molecule has 1 atom stereocenters. The van der Waals surface area contributed by atoms with Crippen LogP contribution in [-0.2, 0) is 22.0 Å². The lowest BCUT2D eigenvalue weighted by atomic mass is 9.62. The van der Waals surface area contributed by atoms with Crippen LogP contribution < -0.4 is 15.1 Å². The Labute approximate surface area is 208 Å². The SMILES string of the molecule is CN(C)c1cc2c(cc1-c1c(CC3SC(=O)NC3=O)cccc1N(C)C)C(C)(C)CCC2(C)C. The number of hydrogen-bond donors (Lipinski definition) is 1. The molecule has 1 fully saturated rings.